The monoisotopic (exact) mass is 542 g/mol. The van der Waals surface area contributed by atoms with Gasteiger partial charge in [0.25, 0.3) is 0 Å². The van der Waals surface area contributed by atoms with E-state index in [2.05, 4.69) is 34.3 Å². The van der Waals surface area contributed by atoms with Crippen LogP contribution in [0.1, 0.15) is 65.7 Å². The van der Waals surface area contributed by atoms with E-state index in [1.54, 1.807) is 0 Å². The lowest BCUT2D eigenvalue weighted by Crippen LogP contribution is -2.34. The fraction of sp³-hybridized carbons (Fsp3) is 0.870. The van der Waals surface area contributed by atoms with Gasteiger partial charge in [0.15, 0.2) is 0 Å². The Bertz CT molecular complexity index is 586. The number of rotatable bonds is 11. The molecule has 2 unspecified atom stereocenters. The largest absolute Gasteiger partial charge is 0.469 e. The van der Waals surface area contributed by atoms with Crippen LogP contribution >= 0.6 is 22.6 Å². The summed E-state index contributed by atoms with van der Waals surface area (Å²) in [5.74, 6) is -0.384. The Kier molecular flexibility index (Phi) is 10.00. The van der Waals surface area contributed by atoms with Crippen LogP contribution in [-0.4, -0.2) is 52.3 Å². The van der Waals surface area contributed by atoms with E-state index in [1.807, 2.05) is 13.0 Å². The zero-order chi connectivity index (χ0) is 22.5. The summed E-state index contributed by atoms with van der Waals surface area (Å²) in [7, 11) is 1.36. The van der Waals surface area contributed by atoms with Gasteiger partial charge in [-0.3, -0.25) is 4.79 Å². The highest BCUT2D eigenvalue weighted by Gasteiger charge is 2.55. The first-order valence-electron chi connectivity index (χ1n) is 11.2. The van der Waals surface area contributed by atoms with Crippen molar-refractivity contribution < 1.29 is 28.2 Å². The van der Waals surface area contributed by atoms with Crippen molar-refractivity contribution in [2.24, 2.45) is 17.8 Å². The number of hydrogen-bond donors (Lipinski definition) is 1. The van der Waals surface area contributed by atoms with Gasteiger partial charge in [0.05, 0.1) is 13.2 Å². The molecule has 9 atom stereocenters. The summed E-state index contributed by atoms with van der Waals surface area (Å²) in [6, 6.07) is 0. The number of esters is 1. The van der Waals surface area contributed by atoms with Crippen LogP contribution in [0, 0.1) is 17.8 Å². The maximum Gasteiger partial charge on any atom is 0.305 e. The number of carbonyl (C=O) groups excluding carboxylic acids is 1. The van der Waals surface area contributed by atoms with Crippen molar-refractivity contribution in [3.8, 4) is 0 Å². The third-order valence-electron chi connectivity index (χ3n) is 6.74. The van der Waals surface area contributed by atoms with E-state index in [0.717, 1.165) is 19.3 Å². The van der Waals surface area contributed by atoms with Gasteiger partial charge < -0.3 is 14.6 Å². The lowest BCUT2D eigenvalue weighted by molar-refractivity contribution is -0.140. The molecule has 30 heavy (non-hydrogen) atoms. The number of methoxy groups -OCH3 is 1. The number of alkyl halides is 3. The van der Waals surface area contributed by atoms with Crippen LogP contribution in [0.2, 0.25) is 0 Å². The average molecular weight is 542 g/mol. The van der Waals surface area contributed by atoms with E-state index >= 15 is 4.39 Å². The maximum atomic E-state index is 15.4. The van der Waals surface area contributed by atoms with Gasteiger partial charge in [-0.05, 0) is 44.4 Å². The van der Waals surface area contributed by atoms with Gasteiger partial charge in [-0.1, -0.05) is 61.4 Å². The van der Waals surface area contributed by atoms with E-state index in [9.17, 15) is 14.3 Å². The molecule has 0 bridgehead atoms. The predicted molar refractivity (Wildman–Crippen MR) is 122 cm³/mol. The summed E-state index contributed by atoms with van der Waals surface area (Å²) in [6.07, 6.45) is 4.71. The number of aliphatic hydroxyl groups excluding tert-OH is 1. The Morgan fingerprint density at radius 1 is 1.43 bits per heavy atom. The molecular weight excluding hydrogens is 505 g/mol. The molecule has 0 aromatic heterocycles. The van der Waals surface area contributed by atoms with Crippen molar-refractivity contribution in [1.29, 1.82) is 0 Å². The van der Waals surface area contributed by atoms with Crippen molar-refractivity contribution >= 4 is 28.6 Å². The van der Waals surface area contributed by atoms with Crippen molar-refractivity contribution in [2.45, 2.75) is 99.8 Å². The SMILES string of the molecule is CCCCC(C)(F)[C@H](O)C=C[C@@H]1[C@H]2[C@H](F)[C@H](C(I)CCCC(=O)OC)O[C@@H]2C[C@H]1C. The normalized spacial score (nSPS) is 35.2. The Balaban J connectivity index is 1.97. The lowest BCUT2D eigenvalue weighted by atomic mass is 9.84. The summed E-state index contributed by atoms with van der Waals surface area (Å²) in [6.45, 7) is 5.49. The zero-order valence-electron chi connectivity index (χ0n) is 18.5. The van der Waals surface area contributed by atoms with Gasteiger partial charge in [-0.25, -0.2) is 8.78 Å². The molecule has 1 heterocycles. The smallest absolute Gasteiger partial charge is 0.305 e. The number of fused-ring (bicyclic) bond motifs is 1. The fourth-order valence-electron chi connectivity index (χ4n) is 4.78. The van der Waals surface area contributed by atoms with Gasteiger partial charge in [0.2, 0.25) is 0 Å². The molecule has 4 nitrogen and oxygen atoms in total. The molecule has 0 aromatic carbocycles. The summed E-state index contributed by atoms with van der Waals surface area (Å²) in [5.41, 5.74) is -1.68. The third kappa shape index (κ3) is 6.37. The Morgan fingerprint density at radius 2 is 2.13 bits per heavy atom. The highest BCUT2D eigenvalue weighted by atomic mass is 127. The zero-order valence-corrected chi connectivity index (χ0v) is 20.7. The molecule has 1 aliphatic carbocycles. The van der Waals surface area contributed by atoms with Crippen LogP contribution in [0.5, 0.6) is 0 Å². The van der Waals surface area contributed by atoms with Gasteiger partial charge in [-0.15, -0.1) is 0 Å². The van der Waals surface area contributed by atoms with Crippen molar-refractivity contribution in [3.05, 3.63) is 12.2 Å². The molecule has 0 aromatic rings. The standard InChI is InChI=1S/C23H37F2IO4/c1-5-6-12-23(3,25)18(27)11-10-15-14(2)13-17-20(15)21(24)22(30-17)16(26)8-7-9-19(28)29-4/h10-11,14-18,20-22,27H,5-9,12-13H2,1-4H3/t14-,15+,16?,17-,18-,20-,21+,22+,23?/m1/s1. The number of ether oxygens (including phenoxy) is 2. The predicted octanol–water partition coefficient (Wildman–Crippen LogP) is 5.35. The van der Waals surface area contributed by atoms with E-state index in [4.69, 9.17) is 4.74 Å². The number of aliphatic hydroxyl groups is 1. The molecule has 0 radical (unpaired) electrons. The van der Waals surface area contributed by atoms with Crippen molar-refractivity contribution in [2.75, 3.05) is 7.11 Å². The van der Waals surface area contributed by atoms with Crippen LogP contribution in [0.15, 0.2) is 12.2 Å². The molecule has 1 saturated heterocycles. The van der Waals surface area contributed by atoms with Crippen LogP contribution in [0.4, 0.5) is 8.78 Å². The van der Waals surface area contributed by atoms with Gasteiger partial charge in [-0.2, -0.15) is 0 Å². The topological polar surface area (TPSA) is 55.8 Å². The van der Waals surface area contributed by atoms with Gasteiger partial charge in [0, 0.05) is 16.3 Å². The molecule has 1 saturated carbocycles. The Morgan fingerprint density at radius 3 is 2.77 bits per heavy atom. The van der Waals surface area contributed by atoms with Crippen molar-refractivity contribution in [3.63, 3.8) is 0 Å². The fourth-order valence-corrected chi connectivity index (χ4v) is 5.79. The van der Waals surface area contributed by atoms with Gasteiger partial charge >= 0.3 is 5.97 Å². The molecule has 1 N–H and O–H groups in total. The van der Waals surface area contributed by atoms with Crippen molar-refractivity contribution in [1.82, 2.24) is 0 Å². The minimum absolute atomic E-state index is 0.0263. The Hall–Kier alpha value is -0.280. The van der Waals surface area contributed by atoms with E-state index in [1.165, 1.54) is 20.1 Å². The number of unbranched alkanes of at least 4 members (excludes halogenated alkanes) is 1. The summed E-state index contributed by atoms with van der Waals surface area (Å²) < 4.78 is 40.9. The first-order valence-corrected chi connectivity index (χ1v) is 12.4. The van der Waals surface area contributed by atoms with Gasteiger partial charge in [0.1, 0.15) is 24.0 Å². The second kappa shape index (κ2) is 11.5. The molecule has 1 aliphatic heterocycles. The first-order chi connectivity index (χ1) is 14.1. The number of hydrogen-bond acceptors (Lipinski definition) is 4. The van der Waals surface area contributed by atoms with Crippen LogP contribution < -0.4 is 0 Å². The quantitative estimate of drug-likeness (QED) is 0.166. The summed E-state index contributed by atoms with van der Waals surface area (Å²) in [4.78, 5) is 11.3. The second-order valence-corrected chi connectivity index (χ2v) is 10.7. The van der Waals surface area contributed by atoms with Crippen LogP contribution in [0.3, 0.4) is 0 Å². The summed E-state index contributed by atoms with van der Waals surface area (Å²) in [5, 5.41) is 10.3. The highest BCUT2D eigenvalue weighted by molar-refractivity contribution is 14.1. The van der Waals surface area contributed by atoms with E-state index in [-0.39, 0.29) is 33.8 Å². The number of halogens is 3. The molecule has 2 aliphatic rings. The maximum absolute atomic E-state index is 15.4. The molecule has 2 rings (SSSR count). The number of carbonyl (C=O) groups is 1. The van der Waals surface area contributed by atoms with Crippen LogP contribution in [0.25, 0.3) is 0 Å². The highest BCUT2D eigenvalue weighted by Crippen LogP contribution is 2.50. The second-order valence-electron chi connectivity index (χ2n) is 9.15. The molecule has 0 spiro atoms. The molecule has 174 valence electrons. The van der Waals surface area contributed by atoms with Crippen LogP contribution in [-0.2, 0) is 14.3 Å². The lowest BCUT2D eigenvalue weighted by Gasteiger charge is -2.26. The third-order valence-corrected chi connectivity index (χ3v) is 8.08. The minimum Gasteiger partial charge on any atom is -0.469 e. The molecule has 2 fully saturated rings. The Labute approximate surface area is 193 Å². The molecular formula is C23H37F2IO4. The number of allylic oxidation sites excluding steroid dienone is 1. The average Bonchev–Trinajstić information content (AvgIpc) is 3.19. The molecule has 0 amide bonds. The first kappa shape index (κ1) is 26.0. The molecule has 7 heteroatoms. The summed E-state index contributed by atoms with van der Waals surface area (Å²) >= 11 is 2.22. The van der Waals surface area contributed by atoms with E-state index < -0.39 is 24.0 Å². The minimum atomic E-state index is -1.68. The van der Waals surface area contributed by atoms with E-state index in [0.29, 0.717) is 25.7 Å².